The molecule has 22 heavy (non-hydrogen) atoms. The first-order valence-electron chi connectivity index (χ1n) is 7.12. The molecule has 0 saturated carbocycles. The summed E-state index contributed by atoms with van der Waals surface area (Å²) in [4.78, 5) is 14.0. The number of carbonyl (C=O) groups is 1. The van der Waals surface area contributed by atoms with Gasteiger partial charge in [-0.25, -0.2) is 0 Å². The van der Waals surface area contributed by atoms with Gasteiger partial charge in [-0.2, -0.15) is 0 Å². The third-order valence-corrected chi connectivity index (χ3v) is 4.00. The molecule has 0 fully saturated rings. The molecule has 116 valence electrons. The summed E-state index contributed by atoms with van der Waals surface area (Å²) in [7, 11) is 0. The quantitative estimate of drug-likeness (QED) is 0.582. The molecule has 0 saturated heterocycles. The number of para-hydroxylation sites is 1. The largest absolute Gasteiger partial charge is 0.338 e. The van der Waals surface area contributed by atoms with Crippen molar-refractivity contribution in [2.45, 2.75) is 19.0 Å². The summed E-state index contributed by atoms with van der Waals surface area (Å²) in [5, 5.41) is 8.76. The van der Waals surface area contributed by atoms with Gasteiger partial charge in [0.1, 0.15) is 6.33 Å². The van der Waals surface area contributed by atoms with Crippen molar-refractivity contribution in [1.82, 2.24) is 19.7 Å². The van der Waals surface area contributed by atoms with E-state index in [1.54, 1.807) is 11.2 Å². The molecule has 0 aliphatic heterocycles. The molecule has 0 radical (unpaired) electrons. The van der Waals surface area contributed by atoms with Gasteiger partial charge in [-0.15, -0.1) is 10.2 Å². The highest BCUT2D eigenvalue weighted by Crippen LogP contribution is 2.19. The predicted molar refractivity (Wildman–Crippen MR) is 89.2 cm³/mol. The van der Waals surface area contributed by atoms with E-state index in [4.69, 9.17) is 0 Å². The fraction of sp³-hybridized carbons (Fsp3) is 0.312. The highest BCUT2D eigenvalue weighted by molar-refractivity contribution is 7.99. The number of benzene rings is 1. The van der Waals surface area contributed by atoms with Crippen LogP contribution in [0.25, 0.3) is 5.69 Å². The first-order valence-corrected chi connectivity index (χ1v) is 8.10. The lowest BCUT2D eigenvalue weighted by Gasteiger charge is -2.20. The Morgan fingerprint density at radius 1 is 1.36 bits per heavy atom. The van der Waals surface area contributed by atoms with E-state index in [0.29, 0.717) is 24.0 Å². The minimum absolute atomic E-state index is 0.0816. The number of rotatable bonds is 7. The lowest BCUT2D eigenvalue weighted by molar-refractivity contribution is -0.127. The standard InChI is InChI=1S/C16H20N4OS/c1-4-19(10-13(2)3)15(21)11-22-16-18-17-12-20(16)14-8-6-5-7-9-14/h5-9,12H,2,4,10-11H2,1,3H3. The number of nitrogens with zero attached hydrogens (tertiary/aromatic N) is 4. The van der Waals surface area contributed by atoms with Gasteiger partial charge >= 0.3 is 0 Å². The van der Waals surface area contributed by atoms with Gasteiger partial charge < -0.3 is 4.90 Å². The molecule has 6 heteroatoms. The van der Waals surface area contributed by atoms with Gasteiger partial charge in [0.15, 0.2) is 5.16 Å². The van der Waals surface area contributed by atoms with Gasteiger partial charge in [-0.05, 0) is 26.0 Å². The van der Waals surface area contributed by atoms with Crippen molar-refractivity contribution >= 4 is 17.7 Å². The zero-order valence-electron chi connectivity index (χ0n) is 12.9. The minimum Gasteiger partial charge on any atom is -0.338 e. The molecule has 0 aliphatic carbocycles. The number of amides is 1. The normalized spacial score (nSPS) is 10.5. The summed E-state index contributed by atoms with van der Waals surface area (Å²) in [5.74, 6) is 0.422. The third kappa shape index (κ3) is 4.21. The molecule has 2 rings (SSSR count). The van der Waals surface area contributed by atoms with E-state index in [9.17, 15) is 4.79 Å². The second kappa shape index (κ2) is 7.79. The lowest BCUT2D eigenvalue weighted by Crippen LogP contribution is -2.33. The van der Waals surface area contributed by atoms with E-state index in [0.717, 1.165) is 11.3 Å². The Hall–Kier alpha value is -2.08. The SMILES string of the molecule is C=C(C)CN(CC)C(=O)CSc1nncn1-c1ccccc1. The third-order valence-electron chi connectivity index (χ3n) is 3.07. The molecule has 0 spiro atoms. The van der Waals surface area contributed by atoms with E-state index in [2.05, 4.69) is 16.8 Å². The van der Waals surface area contributed by atoms with Crippen molar-refractivity contribution in [2.24, 2.45) is 0 Å². The van der Waals surface area contributed by atoms with Crippen LogP contribution in [0, 0.1) is 0 Å². The van der Waals surface area contributed by atoms with Crippen molar-refractivity contribution in [2.75, 3.05) is 18.8 Å². The average Bonchev–Trinajstić information content (AvgIpc) is 2.99. The van der Waals surface area contributed by atoms with Crippen LogP contribution in [0.15, 0.2) is 54.0 Å². The number of aromatic nitrogens is 3. The molecule has 1 aromatic carbocycles. The molecule has 2 aromatic rings. The van der Waals surface area contributed by atoms with Crippen LogP contribution < -0.4 is 0 Å². The molecule has 1 aromatic heterocycles. The van der Waals surface area contributed by atoms with Crippen molar-refractivity contribution in [3.63, 3.8) is 0 Å². The van der Waals surface area contributed by atoms with Crippen LogP contribution in [0.4, 0.5) is 0 Å². The highest BCUT2D eigenvalue weighted by atomic mass is 32.2. The van der Waals surface area contributed by atoms with E-state index in [1.807, 2.05) is 48.7 Å². The summed E-state index contributed by atoms with van der Waals surface area (Å²) in [6.45, 7) is 9.03. The van der Waals surface area contributed by atoms with Crippen molar-refractivity contribution in [3.05, 3.63) is 48.8 Å². The summed E-state index contributed by atoms with van der Waals surface area (Å²) in [6, 6.07) is 9.84. The molecule has 1 amide bonds. The van der Waals surface area contributed by atoms with Crippen LogP contribution in [0.5, 0.6) is 0 Å². The maximum Gasteiger partial charge on any atom is 0.233 e. The van der Waals surface area contributed by atoms with Crippen LogP contribution in [-0.2, 0) is 4.79 Å². The Labute approximate surface area is 135 Å². The van der Waals surface area contributed by atoms with Crippen LogP contribution >= 0.6 is 11.8 Å². The summed E-state index contributed by atoms with van der Waals surface area (Å²) < 4.78 is 1.88. The molecular formula is C16H20N4OS. The zero-order valence-corrected chi connectivity index (χ0v) is 13.7. The molecule has 0 N–H and O–H groups in total. The summed E-state index contributed by atoms with van der Waals surface area (Å²) in [6.07, 6.45) is 1.66. The Morgan fingerprint density at radius 2 is 2.09 bits per heavy atom. The summed E-state index contributed by atoms with van der Waals surface area (Å²) in [5.41, 5.74) is 1.96. The Kier molecular flexibility index (Phi) is 5.77. The van der Waals surface area contributed by atoms with Crippen LogP contribution in [0.1, 0.15) is 13.8 Å². The first-order chi connectivity index (χ1) is 10.6. The Bertz CT molecular complexity index is 639. The van der Waals surface area contributed by atoms with E-state index < -0.39 is 0 Å². The monoisotopic (exact) mass is 316 g/mol. The van der Waals surface area contributed by atoms with Crippen molar-refractivity contribution in [1.29, 1.82) is 0 Å². The fourth-order valence-corrected chi connectivity index (χ4v) is 2.84. The van der Waals surface area contributed by atoms with E-state index >= 15 is 0 Å². The number of thioether (sulfide) groups is 1. The lowest BCUT2D eigenvalue weighted by atomic mass is 10.3. The molecule has 0 atom stereocenters. The molecule has 0 aliphatic rings. The van der Waals surface area contributed by atoms with Gasteiger partial charge in [0.2, 0.25) is 5.91 Å². The molecule has 5 nitrogen and oxygen atoms in total. The average molecular weight is 316 g/mol. The number of hydrogen-bond donors (Lipinski definition) is 0. The van der Waals surface area contributed by atoms with Crippen LogP contribution in [-0.4, -0.2) is 44.4 Å². The van der Waals surface area contributed by atoms with Gasteiger partial charge in [0.25, 0.3) is 0 Å². The van der Waals surface area contributed by atoms with Gasteiger partial charge in [-0.3, -0.25) is 9.36 Å². The van der Waals surface area contributed by atoms with Gasteiger partial charge in [0, 0.05) is 18.8 Å². The van der Waals surface area contributed by atoms with Gasteiger partial charge in [0.05, 0.1) is 5.75 Å². The Morgan fingerprint density at radius 3 is 2.73 bits per heavy atom. The van der Waals surface area contributed by atoms with Gasteiger partial charge in [-0.1, -0.05) is 42.1 Å². The van der Waals surface area contributed by atoms with Crippen LogP contribution in [0.2, 0.25) is 0 Å². The smallest absolute Gasteiger partial charge is 0.233 e. The predicted octanol–water partition coefficient (Wildman–Crippen LogP) is 2.78. The molecule has 1 heterocycles. The minimum atomic E-state index is 0.0816. The van der Waals surface area contributed by atoms with E-state index in [-0.39, 0.29) is 5.91 Å². The second-order valence-corrected chi connectivity index (χ2v) is 5.92. The number of likely N-dealkylation sites (N-methyl/N-ethyl adjacent to an activating group) is 1. The first kappa shape index (κ1) is 16.3. The number of hydrogen-bond acceptors (Lipinski definition) is 4. The number of carbonyl (C=O) groups excluding carboxylic acids is 1. The van der Waals surface area contributed by atoms with Crippen molar-refractivity contribution < 1.29 is 4.79 Å². The second-order valence-electron chi connectivity index (χ2n) is 4.97. The topological polar surface area (TPSA) is 51.0 Å². The van der Waals surface area contributed by atoms with Crippen molar-refractivity contribution in [3.8, 4) is 5.69 Å². The highest BCUT2D eigenvalue weighted by Gasteiger charge is 2.14. The van der Waals surface area contributed by atoms with E-state index in [1.165, 1.54) is 11.8 Å². The molecule has 0 unspecified atom stereocenters. The maximum absolute atomic E-state index is 12.3. The Balaban J connectivity index is 2.02. The molecule has 0 bridgehead atoms. The van der Waals surface area contributed by atoms with Crippen LogP contribution in [0.3, 0.4) is 0 Å². The molecular weight excluding hydrogens is 296 g/mol. The maximum atomic E-state index is 12.3. The summed E-state index contributed by atoms with van der Waals surface area (Å²) >= 11 is 1.40. The zero-order chi connectivity index (χ0) is 15.9. The fourth-order valence-electron chi connectivity index (χ4n) is 2.01.